The number of amides is 1. The van der Waals surface area contributed by atoms with Crippen molar-refractivity contribution in [1.82, 2.24) is 9.78 Å². The molecule has 0 spiro atoms. The van der Waals surface area contributed by atoms with Gasteiger partial charge in [0.05, 0.1) is 16.8 Å². The number of halogens is 1. The highest BCUT2D eigenvalue weighted by molar-refractivity contribution is 6.34. The largest absolute Gasteiger partial charge is 0.399 e. The molecule has 3 N–H and O–H groups in total. The second-order valence-electron chi connectivity index (χ2n) is 3.84. The predicted octanol–water partition coefficient (Wildman–Crippen LogP) is 1.78. The molecule has 2 rings (SSSR count). The number of nitrogens with two attached hydrogens (primary N) is 1. The van der Waals surface area contributed by atoms with Gasteiger partial charge in [-0.05, 0) is 18.2 Å². The summed E-state index contributed by atoms with van der Waals surface area (Å²) >= 11 is 5.94. The van der Waals surface area contributed by atoms with Gasteiger partial charge in [0.15, 0.2) is 0 Å². The minimum Gasteiger partial charge on any atom is -0.399 e. The topological polar surface area (TPSA) is 96.7 Å². The highest BCUT2D eigenvalue weighted by Gasteiger charge is 2.15. The van der Waals surface area contributed by atoms with Gasteiger partial charge in [-0.15, -0.1) is 0 Å². The molecule has 0 radical (unpaired) electrons. The molecule has 0 bridgehead atoms. The van der Waals surface area contributed by atoms with Crippen molar-refractivity contribution in [3.05, 3.63) is 40.5 Å². The van der Waals surface area contributed by atoms with Crippen LogP contribution in [0.2, 0.25) is 5.02 Å². The molecule has 0 aliphatic rings. The second kappa shape index (κ2) is 5.00. The highest BCUT2D eigenvalue weighted by Crippen LogP contribution is 2.21. The van der Waals surface area contributed by atoms with E-state index in [-0.39, 0.29) is 16.1 Å². The van der Waals surface area contributed by atoms with Crippen LogP contribution in [0.5, 0.6) is 0 Å². The lowest BCUT2D eigenvalue weighted by Crippen LogP contribution is -2.16. The average Bonchev–Trinajstić information content (AvgIpc) is 2.73. The summed E-state index contributed by atoms with van der Waals surface area (Å²) in [7, 11) is 1.62. The van der Waals surface area contributed by atoms with Crippen molar-refractivity contribution in [2.24, 2.45) is 7.05 Å². The normalized spacial score (nSPS) is 9.95. The first-order valence-corrected chi connectivity index (χ1v) is 5.69. The maximum atomic E-state index is 12.1. The van der Waals surface area contributed by atoms with Crippen molar-refractivity contribution in [3.8, 4) is 6.07 Å². The molecule has 7 heteroatoms. The minimum absolute atomic E-state index is 0.242. The van der Waals surface area contributed by atoms with Crippen LogP contribution >= 0.6 is 11.6 Å². The summed E-state index contributed by atoms with van der Waals surface area (Å²) in [5.41, 5.74) is 6.56. The average molecular weight is 276 g/mol. The SMILES string of the molecule is Cn1ncc(C#N)c1NC(=O)c1cc(N)ccc1Cl. The lowest BCUT2D eigenvalue weighted by molar-refractivity contribution is 0.102. The zero-order valence-corrected chi connectivity index (χ0v) is 10.8. The van der Waals surface area contributed by atoms with Gasteiger partial charge in [0.25, 0.3) is 5.91 Å². The van der Waals surface area contributed by atoms with Crippen LogP contribution in [0.1, 0.15) is 15.9 Å². The first-order valence-electron chi connectivity index (χ1n) is 5.31. The number of benzene rings is 1. The number of nitrogen functional groups attached to an aromatic ring is 1. The molecular weight excluding hydrogens is 266 g/mol. The third-order valence-corrected chi connectivity index (χ3v) is 2.86. The number of hydrogen-bond acceptors (Lipinski definition) is 4. The number of carbonyl (C=O) groups is 1. The molecule has 19 heavy (non-hydrogen) atoms. The number of aromatic nitrogens is 2. The van der Waals surface area contributed by atoms with Crippen LogP contribution in [0, 0.1) is 11.3 Å². The lowest BCUT2D eigenvalue weighted by Gasteiger charge is -2.08. The van der Waals surface area contributed by atoms with E-state index in [1.807, 2.05) is 6.07 Å². The summed E-state index contributed by atoms with van der Waals surface area (Å²) in [4.78, 5) is 12.1. The second-order valence-corrected chi connectivity index (χ2v) is 4.24. The van der Waals surface area contributed by atoms with E-state index in [4.69, 9.17) is 22.6 Å². The Morgan fingerprint density at radius 3 is 3.00 bits per heavy atom. The Morgan fingerprint density at radius 2 is 2.32 bits per heavy atom. The zero-order valence-electron chi connectivity index (χ0n) is 10.0. The third kappa shape index (κ3) is 2.51. The summed E-state index contributed by atoms with van der Waals surface area (Å²) in [5, 5.41) is 15.7. The van der Waals surface area contributed by atoms with E-state index in [1.165, 1.54) is 16.9 Å². The van der Waals surface area contributed by atoms with E-state index in [0.29, 0.717) is 11.5 Å². The van der Waals surface area contributed by atoms with E-state index in [1.54, 1.807) is 19.2 Å². The van der Waals surface area contributed by atoms with Crippen LogP contribution in [-0.2, 0) is 7.05 Å². The molecule has 0 saturated heterocycles. The first kappa shape index (κ1) is 12.9. The van der Waals surface area contributed by atoms with Gasteiger partial charge in [-0.1, -0.05) is 11.6 Å². The van der Waals surface area contributed by atoms with Gasteiger partial charge in [-0.25, -0.2) is 0 Å². The maximum Gasteiger partial charge on any atom is 0.258 e. The summed E-state index contributed by atoms with van der Waals surface area (Å²) in [6, 6.07) is 6.56. The van der Waals surface area contributed by atoms with E-state index < -0.39 is 5.91 Å². The highest BCUT2D eigenvalue weighted by atomic mass is 35.5. The van der Waals surface area contributed by atoms with Gasteiger partial charge in [0.2, 0.25) is 0 Å². The number of nitrogens with one attached hydrogen (secondary N) is 1. The smallest absolute Gasteiger partial charge is 0.258 e. The van der Waals surface area contributed by atoms with Crippen LogP contribution in [0.15, 0.2) is 24.4 Å². The van der Waals surface area contributed by atoms with Crippen LogP contribution < -0.4 is 11.1 Å². The van der Waals surface area contributed by atoms with Gasteiger partial charge < -0.3 is 11.1 Å². The molecule has 1 aromatic carbocycles. The minimum atomic E-state index is -0.447. The molecule has 1 aromatic heterocycles. The van der Waals surface area contributed by atoms with Crippen LogP contribution in [0.25, 0.3) is 0 Å². The summed E-state index contributed by atoms with van der Waals surface area (Å²) in [6.45, 7) is 0. The summed E-state index contributed by atoms with van der Waals surface area (Å²) < 4.78 is 1.40. The number of carbonyl (C=O) groups excluding carboxylic acids is 1. The summed E-state index contributed by atoms with van der Waals surface area (Å²) in [6.07, 6.45) is 1.37. The van der Waals surface area contributed by atoms with Gasteiger partial charge in [-0.2, -0.15) is 10.4 Å². The van der Waals surface area contributed by atoms with Crippen LogP contribution in [0.4, 0.5) is 11.5 Å². The molecular formula is C12H10ClN5O. The number of nitriles is 1. The van der Waals surface area contributed by atoms with Crippen LogP contribution in [-0.4, -0.2) is 15.7 Å². The molecule has 0 fully saturated rings. The Balaban J connectivity index is 2.34. The lowest BCUT2D eigenvalue weighted by atomic mass is 10.2. The Morgan fingerprint density at radius 1 is 1.58 bits per heavy atom. The fourth-order valence-corrected chi connectivity index (χ4v) is 1.76. The van der Waals surface area contributed by atoms with Crippen LogP contribution in [0.3, 0.4) is 0 Å². The van der Waals surface area contributed by atoms with Crippen molar-refractivity contribution in [2.45, 2.75) is 0 Å². The molecule has 0 aliphatic heterocycles. The molecule has 0 saturated carbocycles. The van der Waals surface area contributed by atoms with Crippen molar-refractivity contribution < 1.29 is 4.79 Å². The van der Waals surface area contributed by atoms with E-state index >= 15 is 0 Å². The molecule has 1 heterocycles. The summed E-state index contributed by atoms with van der Waals surface area (Å²) in [5.74, 6) is -0.136. The molecule has 0 aliphatic carbocycles. The Hall–Kier alpha value is -2.52. The van der Waals surface area contributed by atoms with Crippen molar-refractivity contribution in [1.29, 1.82) is 5.26 Å². The van der Waals surface area contributed by atoms with Gasteiger partial charge in [0, 0.05) is 12.7 Å². The van der Waals surface area contributed by atoms with Crippen molar-refractivity contribution in [3.63, 3.8) is 0 Å². The molecule has 0 atom stereocenters. The molecule has 1 amide bonds. The third-order valence-electron chi connectivity index (χ3n) is 2.53. The molecule has 6 nitrogen and oxygen atoms in total. The number of hydrogen-bond donors (Lipinski definition) is 2. The standard InChI is InChI=1S/C12H10ClN5O/c1-18-11(7(5-14)6-16-18)17-12(19)9-4-8(15)2-3-10(9)13/h2-4,6H,15H2,1H3,(H,17,19). The maximum absolute atomic E-state index is 12.1. The van der Waals surface area contributed by atoms with Crippen molar-refractivity contribution in [2.75, 3.05) is 11.1 Å². The van der Waals surface area contributed by atoms with E-state index in [9.17, 15) is 4.79 Å². The van der Waals surface area contributed by atoms with Gasteiger partial charge in [0.1, 0.15) is 17.5 Å². The Labute approximate surface area is 114 Å². The predicted molar refractivity (Wildman–Crippen MR) is 71.7 cm³/mol. The fourth-order valence-electron chi connectivity index (χ4n) is 1.56. The molecule has 0 unspecified atom stereocenters. The number of nitrogens with zero attached hydrogens (tertiary/aromatic N) is 3. The van der Waals surface area contributed by atoms with Crippen molar-refractivity contribution >= 4 is 29.0 Å². The quantitative estimate of drug-likeness (QED) is 0.817. The Kier molecular flexibility index (Phi) is 3.40. The number of aryl methyl sites for hydroxylation is 1. The number of rotatable bonds is 2. The zero-order chi connectivity index (χ0) is 14.0. The number of anilines is 2. The van der Waals surface area contributed by atoms with E-state index in [0.717, 1.165) is 0 Å². The van der Waals surface area contributed by atoms with E-state index in [2.05, 4.69) is 10.4 Å². The molecule has 2 aromatic rings. The van der Waals surface area contributed by atoms with Gasteiger partial charge in [-0.3, -0.25) is 9.48 Å². The first-order chi connectivity index (χ1) is 9.02. The Bertz CT molecular complexity index is 686. The monoisotopic (exact) mass is 275 g/mol. The molecule has 96 valence electrons. The fraction of sp³-hybridized carbons (Fsp3) is 0.0833. The van der Waals surface area contributed by atoms with Gasteiger partial charge >= 0.3 is 0 Å².